The summed E-state index contributed by atoms with van der Waals surface area (Å²) in [6.07, 6.45) is -0.617. The number of esters is 2. The first-order chi connectivity index (χ1) is 13.1. The van der Waals surface area contributed by atoms with Gasteiger partial charge in [-0.25, -0.2) is 9.59 Å². The highest BCUT2D eigenvalue weighted by Gasteiger charge is 2.38. The lowest BCUT2D eigenvalue weighted by atomic mass is 9.80. The van der Waals surface area contributed by atoms with Crippen molar-refractivity contribution in [3.8, 4) is 6.07 Å². The van der Waals surface area contributed by atoms with Crippen molar-refractivity contribution < 1.29 is 19.1 Å². The summed E-state index contributed by atoms with van der Waals surface area (Å²) in [5.74, 6) is -1.70. The third-order valence-corrected chi connectivity index (χ3v) is 4.23. The van der Waals surface area contributed by atoms with Crippen LogP contribution in [0, 0.1) is 11.3 Å². The first-order valence-electron chi connectivity index (χ1n) is 9.26. The summed E-state index contributed by atoms with van der Waals surface area (Å²) < 4.78 is 10.9. The number of nitrogens with one attached hydrogen (secondary N) is 1. The highest BCUT2D eigenvalue weighted by Crippen LogP contribution is 2.39. The number of carbonyl (C=O) groups excluding carboxylic acids is 2. The molecule has 1 aliphatic heterocycles. The van der Waals surface area contributed by atoms with Crippen LogP contribution in [0.5, 0.6) is 0 Å². The van der Waals surface area contributed by atoms with Crippen molar-refractivity contribution in [1.82, 2.24) is 5.32 Å². The Kier molecular flexibility index (Phi) is 6.63. The van der Waals surface area contributed by atoms with Gasteiger partial charge in [-0.1, -0.05) is 12.1 Å². The molecule has 1 N–H and O–H groups in total. The zero-order valence-corrected chi connectivity index (χ0v) is 17.1. The molecule has 28 heavy (non-hydrogen) atoms. The van der Waals surface area contributed by atoms with E-state index in [0.29, 0.717) is 33.7 Å². The van der Waals surface area contributed by atoms with Gasteiger partial charge in [0, 0.05) is 11.4 Å². The fourth-order valence-corrected chi connectivity index (χ4v) is 3.21. The lowest BCUT2D eigenvalue weighted by Gasteiger charge is -2.31. The van der Waals surface area contributed by atoms with E-state index in [2.05, 4.69) is 11.4 Å². The van der Waals surface area contributed by atoms with Gasteiger partial charge in [-0.3, -0.25) is 0 Å². The van der Waals surface area contributed by atoms with Gasteiger partial charge in [0.05, 0.1) is 40.9 Å². The summed E-state index contributed by atoms with van der Waals surface area (Å²) in [7, 11) is 0. The van der Waals surface area contributed by atoms with Crippen molar-refractivity contribution in [2.24, 2.45) is 0 Å². The molecule has 0 saturated heterocycles. The zero-order valence-electron chi connectivity index (χ0n) is 17.1. The van der Waals surface area contributed by atoms with Crippen LogP contribution in [0.15, 0.2) is 46.8 Å². The maximum Gasteiger partial charge on any atom is 0.337 e. The van der Waals surface area contributed by atoms with E-state index in [1.54, 1.807) is 65.8 Å². The summed E-state index contributed by atoms with van der Waals surface area (Å²) in [5, 5.41) is 12.4. The molecule has 0 amide bonds. The van der Waals surface area contributed by atoms with E-state index in [1.807, 2.05) is 0 Å². The van der Waals surface area contributed by atoms with E-state index < -0.39 is 17.9 Å². The molecule has 1 aliphatic rings. The number of allylic oxidation sites excluding steroid dienone is 2. The number of nitrogens with zero attached hydrogens (tertiary/aromatic N) is 1. The molecule has 0 aromatic heterocycles. The van der Waals surface area contributed by atoms with Crippen molar-refractivity contribution >= 4 is 11.9 Å². The van der Waals surface area contributed by atoms with Crippen LogP contribution in [0.4, 0.5) is 0 Å². The van der Waals surface area contributed by atoms with Gasteiger partial charge in [-0.05, 0) is 59.2 Å². The van der Waals surface area contributed by atoms with Crippen LogP contribution in [-0.2, 0) is 19.1 Å². The molecule has 0 saturated carbocycles. The lowest BCUT2D eigenvalue weighted by Crippen LogP contribution is -2.33. The first-order valence-corrected chi connectivity index (χ1v) is 9.26. The highest BCUT2D eigenvalue weighted by atomic mass is 16.5. The van der Waals surface area contributed by atoms with Gasteiger partial charge < -0.3 is 14.8 Å². The van der Waals surface area contributed by atoms with E-state index in [4.69, 9.17) is 9.47 Å². The van der Waals surface area contributed by atoms with Crippen LogP contribution >= 0.6 is 0 Å². The second kappa shape index (κ2) is 8.75. The summed E-state index contributed by atoms with van der Waals surface area (Å²) in [4.78, 5) is 25.8. The second-order valence-corrected chi connectivity index (χ2v) is 7.28. The van der Waals surface area contributed by atoms with Crippen molar-refractivity contribution in [1.29, 1.82) is 5.26 Å². The molecule has 6 heteroatoms. The number of hydrogen-bond acceptors (Lipinski definition) is 6. The smallest absolute Gasteiger partial charge is 0.337 e. The molecule has 1 heterocycles. The monoisotopic (exact) mass is 382 g/mol. The van der Waals surface area contributed by atoms with Crippen LogP contribution in [-0.4, -0.2) is 24.1 Å². The normalized spacial score (nSPS) is 14.8. The predicted octanol–water partition coefficient (Wildman–Crippen LogP) is 3.70. The number of rotatable bonds is 5. The summed E-state index contributed by atoms with van der Waals surface area (Å²) in [6.45, 7) is 10.6. The zero-order chi connectivity index (χ0) is 21.0. The first kappa shape index (κ1) is 21.2. The van der Waals surface area contributed by atoms with Gasteiger partial charge >= 0.3 is 11.9 Å². The Morgan fingerprint density at radius 1 is 1.00 bits per heavy atom. The minimum Gasteiger partial charge on any atom is -0.460 e. The number of nitriles is 1. The fraction of sp³-hybridized carbons (Fsp3) is 0.409. The highest BCUT2D eigenvalue weighted by molar-refractivity contribution is 6.00. The Labute approximate surface area is 165 Å². The van der Waals surface area contributed by atoms with Gasteiger partial charge in [-0.15, -0.1) is 0 Å². The standard InChI is InChI=1S/C22H26N2O4/c1-12(2)27-21(25)18-14(5)24-15(6)19(22(26)28-13(3)4)20(18)17-9-7-8-16(10-17)11-23/h7-10,12-13,20,24H,1-6H3. The SMILES string of the molecule is CC1=C(C(=O)OC(C)C)C(c2cccc(C#N)c2)C(C(=O)OC(C)C)=C(C)N1. The van der Waals surface area contributed by atoms with E-state index in [9.17, 15) is 14.9 Å². The van der Waals surface area contributed by atoms with Crippen LogP contribution < -0.4 is 5.32 Å². The van der Waals surface area contributed by atoms with Gasteiger partial charge in [0.1, 0.15) is 0 Å². The van der Waals surface area contributed by atoms with E-state index >= 15 is 0 Å². The summed E-state index contributed by atoms with van der Waals surface area (Å²) in [6, 6.07) is 8.99. The Hall–Kier alpha value is -3.07. The molecule has 0 aliphatic carbocycles. The lowest BCUT2D eigenvalue weighted by molar-refractivity contribution is -0.143. The molecule has 2 rings (SSSR count). The Bertz CT molecular complexity index is 844. The molecule has 0 spiro atoms. The van der Waals surface area contributed by atoms with Gasteiger partial charge in [-0.2, -0.15) is 5.26 Å². The van der Waals surface area contributed by atoms with Crippen LogP contribution in [0.3, 0.4) is 0 Å². The third-order valence-electron chi connectivity index (χ3n) is 4.23. The van der Waals surface area contributed by atoms with E-state index in [0.717, 1.165) is 0 Å². The van der Waals surface area contributed by atoms with E-state index in [-0.39, 0.29) is 12.2 Å². The molecule has 0 bridgehead atoms. The van der Waals surface area contributed by atoms with Crippen molar-refractivity contribution in [3.05, 3.63) is 57.9 Å². The molecule has 1 aromatic carbocycles. The molecule has 6 nitrogen and oxygen atoms in total. The van der Waals surface area contributed by atoms with Crippen molar-refractivity contribution in [3.63, 3.8) is 0 Å². The van der Waals surface area contributed by atoms with Crippen molar-refractivity contribution in [2.45, 2.75) is 59.7 Å². The minimum absolute atomic E-state index is 0.308. The molecule has 148 valence electrons. The van der Waals surface area contributed by atoms with Crippen LogP contribution in [0.25, 0.3) is 0 Å². The molecule has 0 radical (unpaired) electrons. The Balaban J connectivity index is 2.66. The molecule has 0 fully saturated rings. The molecule has 0 atom stereocenters. The average Bonchev–Trinajstić information content (AvgIpc) is 2.59. The van der Waals surface area contributed by atoms with Crippen molar-refractivity contribution in [2.75, 3.05) is 0 Å². The summed E-state index contributed by atoms with van der Waals surface area (Å²) in [5.41, 5.74) is 2.99. The molecule has 1 aromatic rings. The fourth-order valence-electron chi connectivity index (χ4n) is 3.21. The number of hydrogen-bond donors (Lipinski definition) is 1. The number of ether oxygens (including phenoxy) is 2. The largest absolute Gasteiger partial charge is 0.460 e. The van der Waals surface area contributed by atoms with Crippen LogP contribution in [0.2, 0.25) is 0 Å². The topological polar surface area (TPSA) is 88.4 Å². The maximum atomic E-state index is 12.9. The van der Waals surface area contributed by atoms with Gasteiger partial charge in [0.15, 0.2) is 0 Å². The van der Waals surface area contributed by atoms with Crippen LogP contribution in [0.1, 0.15) is 58.6 Å². The second-order valence-electron chi connectivity index (χ2n) is 7.28. The van der Waals surface area contributed by atoms with Gasteiger partial charge in [0.2, 0.25) is 0 Å². The molecule has 0 unspecified atom stereocenters. The average molecular weight is 382 g/mol. The number of carbonyl (C=O) groups is 2. The van der Waals surface area contributed by atoms with Gasteiger partial charge in [0.25, 0.3) is 0 Å². The minimum atomic E-state index is -0.688. The van der Waals surface area contributed by atoms with E-state index in [1.165, 1.54) is 0 Å². The maximum absolute atomic E-state index is 12.9. The number of benzene rings is 1. The molecular formula is C22H26N2O4. The Morgan fingerprint density at radius 2 is 1.50 bits per heavy atom. The predicted molar refractivity (Wildman–Crippen MR) is 105 cm³/mol. The third kappa shape index (κ3) is 4.61. The molecular weight excluding hydrogens is 356 g/mol. The Morgan fingerprint density at radius 3 is 1.93 bits per heavy atom. The quantitative estimate of drug-likeness (QED) is 0.781. The summed E-state index contributed by atoms with van der Waals surface area (Å²) >= 11 is 0. The number of dihydropyridines is 1.